The van der Waals surface area contributed by atoms with E-state index in [-0.39, 0.29) is 15.9 Å². The van der Waals surface area contributed by atoms with Crippen LogP contribution in [-0.2, 0) is 11.8 Å². The molecule has 1 aromatic carbocycles. The highest BCUT2D eigenvalue weighted by Crippen LogP contribution is 2.74. The maximum absolute atomic E-state index is 12.1. The number of amides is 1. The summed E-state index contributed by atoms with van der Waals surface area (Å²) in [5.41, 5.74) is 3.23. The monoisotopic (exact) mass is 553 g/mol. The van der Waals surface area contributed by atoms with E-state index in [0.717, 1.165) is 37.7 Å². The number of carboxylic acid groups (broad SMARTS) is 1. The molecule has 2 heterocycles. The summed E-state index contributed by atoms with van der Waals surface area (Å²) in [5, 5.41) is 14.1. The topological polar surface area (TPSA) is 65.0 Å². The SMILES string of the molecule is CC(C)(C)N(CCN1CC[C@@]23c4cc(O[Si](C)(C)C(C)(C)C)ccc4C[C@@H]1[C@]21CC[C@H]2NC[C@@H](C1)[C@H]23)C(=O)O. The van der Waals surface area contributed by atoms with Gasteiger partial charge in [0, 0.05) is 36.1 Å². The van der Waals surface area contributed by atoms with Gasteiger partial charge in [-0.3, -0.25) is 4.90 Å². The average Bonchev–Trinajstić information content (AvgIpc) is 3.29. The van der Waals surface area contributed by atoms with Gasteiger partial charge in [0.1, 0.15) is 5.75 Å². The Labute approximate surface area is 237 Å². The second kappa shape index (κ2) is 8.72. The lowest BCUT2D eigenvalue weighted by Gasteiger charge is -2.66. The first-order valence-corrected chi connectivity index (χ1v) is 18.3. The van der Waals surface area contributed by atoms with Crippen molar-refractivity contribution in [2.24, 2.45) is 17.3 Å². The Hall–Kier alpha value is -1.57. The quantitative estimate of drug-likeness (QED) is 0.431. The minimum atomic E-state index is -1.93. The van der Waals surface area contributed by atoms with Crippen LogP contribution in [-0.4, -0.2) is 73.1 Å². The molecule has 2 aliphatic heterocycles. The van der Waals surface area contributed by atoms with Crippen LogP contribution in [0.2, 0.25) is 18.1 Å². The average molecular weight is 554 g/mol. The fourth-order valence-electron chi connectivity index (χ4n) is 9.66. The van der Waals surface area contributed by atoms with Crippen molar-refractivity contribution in [1.29, 1.82) is 0 Å². The fraction of sp³-hybridized carbons (Fsp3) is 0.781. The van der Waals surface area contributed by atoms with Crippen molar-refractivity contribution in [3.05, 3.63) is 29.3 Å². The molecule has 6 atom stereocenters. The zero-order valence-corrected chi connectivity index (χ0v) is 26.6. The predicted octanol–water partition coefficient (Wildman–Crippen LogP) is 6.11. The van der Waals surface area contributed by atoms with E-state index < -0.39 is 19.9 Å². The molecule has 0 aromatic heterocycles. The van der Waals surface area contributed by atoms with Gasteiger partial charge >= 0.3 is 6.09 Å². The van der Waals surface area contributed by atoms with Crippen molar-refractivity contribution in [1.82, 2.24) is 15.1 Å². The zero-order valence-electron chi connectivity index (χ0n) is 25.6. The van der Waals surface area contributed by atoms with Crippen LogP contribution in [0.4, 0.5) is 4.79 Å². The molecule has 5 aliphatic rings. The molecule has 4 fully saturated rings. The van der Waals surface area contributed by atoms with Crippen molar-refractivity contribution in [2.75, 3.05) is 26.2 Å². The van der Waals surface area contributed by atoms with Gasteiger partial charge in [0.05, 0.1) is 0 Å². The summed E-state index contributed by atoms with van der Waals surface area (Å²) < 4.78 is 6.90. The number of carbonyl (C=O) groups is 1. The minimum absolute atomic E-state index is 0.169. The predicted molar refractivity (Wildman–Crippen MR) is 159 cm³/mol. The molecule has 216 valence electrons. The Morgan fingerprint density at radius 1 is 1.21 bits per heavy atom. The second-order valence-corrected chi connectivity index (χ2v) is 20.7. The lowest BCUT2D eigenvalue weighted by molar-refractivity contribution is -0.0949. The molecule has 7 heteroatoms. The molecule has 1 aromatic rings. The van der Waals surface area contributed by atoms with E-state index >= 15 is 0 Å². The van der Waals surface area contributed by atoms with Crippen LogP contribution in [0.5, 0.6) is 5.75 Å². The second-order valence-electron chi connectivity index (χ2n) is 16.0. The van der Waals surface area contributed by atoms with E-state index in [1.165, 1.54) is 31.2 Å². The highest BCUT2D eigenvalue weighted by molar-refractivity contribution is 6.74. The van der Waals surface area contributed by atoms with E-state index in [4.69, 9.17) is 4.43 Å². The number of nitrogens with zero attached hydrogens (tertiary/aromatic N) is 2. The first-order chi connectivity index (χ1) is 18.1. The number of hydrogen-bond acceptors (Lipinski definition) is 4. The van der Waals surface area contributed by atoms with E-state index in [1.807, 2.05) is 20.8 Å². The summed E-state index contributed by atoms with van der Waals surface area (Å²) >= 11 is 0. The highest BCUT2D eigenvalue weighted by atomic mass is 28.4. The van der Waals surface area contributed by atoms with Crippen LogP contribution in [0.25, 0.3) is 0 Å². The van der Waals surface area contributed by atoms with Crippen molar-refractivity contribution >= 4 is 14.4 Å². The first-order valence-electron chi connectivity index (χ1n) is 15.4. The lowest BCUT2D eigenvalue weighted by Crippen LogP contribution is -2.70. The molecule has 4 bridgehead atoms. The molecule has 0 unspecified atom stereocenters. The largest absolute Gasteiger partial charge is 0.543 e. The Balaban J connectivity index is 1.39. The van der Waals surface area contributed by atoms with Crippen LogP contribution in [0.15, 0.2) is 18.2 Å². The van der Waals surface area contributed by atoms with Crippen LogP contribution in [0, 0.1) is 17.3 Å². The van der Waals surface area contributed by atoms with Gasteiger partial charge in [0.15, 0.2) is 0 Å². The fourth-order valence-corrected chi connectivity index (χ4v) is 10.7. The summed E-state index contributed by atoms with van der Waals surface area (Å²) in [6.45, 7) is 21.3. The summed E-state index contributed by atoms with van der Waals surface area (Å²) in [7, 11) is -1.93. The maximum atomic E-state index is 12.1. The molecule has 2 saturated heterocycles. The Kier molecular flexibility index (Phi) is 6.17. The van der Waals surface area contributed by atoms with Crippen molar-refractivity contribution < 1.29 is 14.3 Å². The summed E-state index contributed by atoms with van der Waals surface area (Å²) in [5.74, 6) is 2.54. The van der Waals surface area contributed by atoms with Gasteiger partial charge < -0.3 is 19.7 Å². The van der Waals surface area contributed by atoms with Gasteiger partial charge in [-0.25, -0.2) is 4.79 Å². The van der Waals surface area contributed by atoms with E-state index in [1.54, 1.807) is 10.5 Å². The third-order valence-electron chi connectivity index (χ3n) is 12.2. The number of piperidine rings is 1. The minimum Gasteiger partial charge on any atom is -0.543 e. The van der Waals surface area contributed by atoms with Crippen LogP contribution in [0.3, 0.4) is 0 Å². The molecule has 3 aliphatic carbocycles. The number of likely N-dealkylation sites (tertiary alicyclic amines) is 1. The summed E-state index contributed by atoms with van der Waals surface area (Å²) in [4.78, 5) is 16.5. The number of benzene rings is 1. The molecule has 1 amide bonds. The van der Waals surface area contributed by atoms with E-state index in [2.05, 4.69) is 62.3 Å². The molecule has 2 saturated carbocycles. The Morgan fingerprint density at radius 3 is 2.62 bits per heavy atom. The maximum Gasteiger partial charge on any atom is 0.407 e. The third kappa shape index (κ3) is 3.88. The normalized spacial score (nSPS) is 35.4. The Bertz CT molecular complexity index is 1160. The van der Waals surface area contributed by atoms with Crippen molar-refractivity contribution in [3.63, 3.8) is 0 Å². The van der Waals surface area contributed by atoms with Crippen LogP contribution in [0.1, 0.15) is 78.4 Å². The molecule has 6 rings (SSSR count). The van der Waals surface area contributed by atoms with E-state index in [0.29, 0.717) is 24.5 Å². The molecule has 0 radical (unpaired) electrons. The molecule has 0 spiro atoms. The molecular formula is C32H51N3O3Si. The van der Waals surface area contributed by atoms with Gasteiger partial charge in [-0.1, -0.05) is 26.8 Å². The van der Waals surface area contributed by atoms with Gasteiger partial charge in [0.2, 0.25) is 8.32 Å². The van der Waals surface area contributed by atoms with E-state index in [9.17, 15) is 9.90 Å². The Morgan fingerprint density at radius 2 is 1.95 bits per heavy atom. The number of hydrogen-bond donors (Lipinski definition) is 2. The number of fused-ring (bicyclic) bond motifs is 1. The van der Waals surface area contributed by atoms with Crippen molar-refractivity contribution in [2.45, 2.75) is 115 Å². The van der Waals surface area contributed by atoms with Gasteiger partial charge in [-0.2, -0.15) is 0 Å². The number of rotatable bonds is 5. The van der Waals surface area contributed by atoms with Crippen molar-refractivity contribution in [3.8, 4) is 5.75 Å². The summed E-state index contributed by atoms with van der Waals surface area (Å²) in [6, 6.07) is 8.26. The lowest BCUT2D eigenvalue weighted by atomic mass is 9.43. The first kappa shape index (κ1) is 27.6. The molecular weight excluding hydrogens is 502 g/mol. The summed E-state index contributed by atoms with van der Waals surface area (Å²) in [6.07, 6.45) is 5.34. The smallest absolute Gasteiger partial charge is 0.407 e. The number of nitrogens with one attached hydrogen (secondary N) is 1. The molecule has 2 N–H and O–H groups in total. The van der Waals surface area contributed by atoms with Crippen LogP contribution < -0.4 is 9.74 Å². The van der Waals surface area contributed by atoms with Gasteiger partial charge in [-0.15, -0.1) is 0 Å². The third-order valence-corrected chi connectivity index (χ3v) is 16.6. The van der Waals surface area contributed by atoms with Crippen LogP contribution >= 0.6 is 0 Å². The van der Waals surface area contributed by atoms with Gasteiger partial charge in [-0.05, 0) is 125 Å². The molecule has 6 nitrogen and oxygen atoms in total. The standard InChI is InChI=1S/C32H51N3O3Si/c1-29(2,3)35(28(36)37)16-15-34-14-13-32-24-18-23(38-39(7,8)30(4,5)6)10-9-21(24)17-26(34)31(32)12-11-25-27(32)22(19-31)20-33-25/h9-10,18,22,25-27,33H,11-17,19-20H2,1-8H3,(H,36,37)/t22-,25-,26-,27-,31-,32+/m1/s1. The van der Waals surface area contributed by atoms with Gasteiger partial charge in [0.25, 0.3) is 0 Å². The molecule has 39 heavy (non-hydrogen) atoms. The highest BCUT2D eigenvalue weighted by Gasteiger charge is 2.75. The zero-order chi connectivity index (χ0) is 28.2.